The molecule has 1 atom stereocenters. The molecule has 2 amide bonds. The molecule has 25 heavy (non-hydrogen) atoms. The van der Waals surface area contributed by atoms with Gasteiger partial charge in [0, 0.05) is 59.8 Å². The third-order valence-corrected chi connectivity index (χ3v) is 4.93. The van der Waals surface area contributed by atoms with E-state index in [0.29, 0.717) is 30.4 Å². The lowest BCUT2D eigenvalue weighted by atomic mass is 9.99. The van der Waals surface area contributed by atoms with Crippen molar-refractivity contribution in [1.82, 2.24) is 19.8 Å². The summed E-state index contributed by atoms with van der Waals surface area (Å²) in [6.45, 7) is 1.39. The van der Waals surface area contributed by atoms with Crippen LogP contribution in [-0.2, 0) is 4.79 Å². The van der Waals surface area contributed by atoms with Gasteiger partial charge in [-0.15, -0.1) is 0 Å². The van der Waals surface area contributed by atoms with E-state index in [1.807, 2.05) is 23.9 Å². The largest absolute Gasteiger partial charge is 0.347 e. The maximum absolute atomic E-state index is 12.5. The minimum Gasteiger partial charge on any atom is -0.347 e. The molecular formula is C18H27N5O2. The number of carbonyl (C=O) groups is 2. The van der Waals surface area contributed by atoms with E-state index in [2.05, 4.69) is 9.97 Å². The Balaban J connectivity index is 1.82. The minimum atomic E-state index is -0.0944. The Hall–Kier alpha value is -2.18. The number of amides is 2. The lowest BCUT2D eigenvalue weighted by Gasteiger charge is -2.20. The Bertz CT molecular complexity index is 669. The molecule has 2 fully saturated rings. The molecule has 7 heteroatoms. The summed E-state index contributed by atoms with van der Waals surface area (Å²) in [5, 5.41) is 0. The summed E-state index contributed by atoms with van der Waals surface area (Å²) in [5.41, 5.74) is 1.30. The van der Waals surface area contributed by atoms with Gasteiger partial charge in [-0.3, -0.25) is 9.59 Å². The van der Waals surface area contributed by atoms with E-state index in [1.54, 1.807) is 25.2 Å². The Morgan fingerprint density at radius 3 is 2.52 bits per heavy atom. The monoisotopic (exact) mass is 345 g/mol. The van der Waals surface area contributed by atoms with Crippen molar-refractivity contribution >= 4 is 17.8 Å². The van der Waals surface area contributed by atoms with Gasteiger partial charge in [0.2, 0.25) is 11.9 Å². The van der Waals surface area contributed by atoms with E-state index < -0.39 is 0 Å². The second-order valence-corrected chi connectivity index (χ2v) is 7.54. The fourth-order valence-corrected chi connectivity index (χ4v) is 3.23. The fraction of sp³-hybridized carbons (Fsp3) is 0.667. The smallest absolute Gasteiger partial charge is 0.256 e. The van der Waals surface area contributed by atoms with Crippen LogP contribution in [0.4, 0.5) is 5.95 Å². The summed E-state index contributed by atoms with van der Waals surface area (Å²) in [4.78, 5) is 39.2. The van der Waals surface area contributed by atoms with Crippen molar-refractivity contribution in [2.75, 3.05) is 46.2 Å². The van der Waals surface area contributed by atoms with E-state index in [9.17, 15) is 9.59 Å². The summed E-state index contributed by atoms with van der Waals surface area (Å²) >= 11 is 0. The van der Waals surface area contributed by atoms with Crippen molar-refractivity contribution < 1.29 is 9.59 Å². The molecule has 1 aromatic heterocycles. The Labute approximate surface area is 149 Å². The first-order valence-electron chi connectivity index (χ1n) is 8.90. The normalized spacial score (nSPS) is 19.8. The molecule has 0 aromatic carbocycles. The topological polar surface area (TPSA) is 69.6 Å². The van der Waals surface area contributed by atoms with Gasteiger partial charge in [-0.2, -0.15) is 0 Å². The molecule has 1 saturated carbocycles. The van der Waals surface area contributed by atoms with Gasteiger partial charge in [-0.05, 0) is 25.2 Å². The van der Waals surface area contributed by atoms with Gasteiger partial charge in [-0.25, -0.2) is 9.97 Å². The van der Waals surface area contributed by atoms with Crippen LogP contribution in [0, 0.1) is 5.92 Å². The van der Waals surface area contributed by atoms with Gasteiger partial charge in [0.15, 0.2) is 0 Å². The number of likely N-dealkylation sites (tertiary alicyclic amines) is 1. The Morgan fingerprint density at radius 2 is 1.92 bits per heavy atom. The molecular weight excluding hydrogens is 318 g/mol. The number of anilines is 1. The average molecular weight is 345 g/mol. The van der Waals surface area contributed by atoms with Gasteiger partial charge in [0.1, 0.15) is 0 Å². The van der Waals surface area contributed by atoms with Crippen molar-refractivity contribution in [2.24, 2.45) is 5.92 Å². The predicted octanol–water partition coefficient (Wildman–Crippen LogP) is 1.36. The molecule has 7 nitrogen and oxygen atoms in total. The number of aromatic nitrogens is 2. The number of hydrogen-bond donors (Lipinski definition) is 0. The lowest BCUT2D eigenvalue weighted by Crippen LogP contribution is -2.29. The van der Waals surface area contributed by atoms with Crippen LogP contribution in [0.5, 0.6) is 0 Å². The standard InChI is InChI=1S/C18H27N5O2/c1-21(2)17(25)14-10-19-18(22(3)4)20-16(14)13-7-8-23(11-13)15(24)9-12-5-6-12/h10,12-13H,5-9,11H2,1-4H3. The molecule has 1 aliphatic heterocycles. The van der Waals surface area contributed by atoms with Gasteiger partial charge >= 0.3 is 0 Å². The molecule has 0 bridgehead atoms. The molecule has 0 radical (unpaired) electrons. The highest BCUT2D eigenvalue weighted by molar-refractivity contribution is 5.95. The lowest BCUT2D eigenvalue weighted by molar-refractivity contribution is -0.130. The van der Waals surface area contributed by atoms with Gasteiger partial charge in [0.25, 0.3) is 5.91 Å². The average Bonchev–Trinajstić information content (AvgIpc) is 3.25. The van der Waals surface area contributed by atoms with Crippen LogP contribution in [0.2, 0.25) is 0 Å². The van der Waals surface area contributed by atoms with Crippen molar-refractivity contribution in [2.45, 2.75) is 31.6 Å². The molecule has 136 valence electrons. The molecule has 2 aliphatic rings. The SMILES string of the molecule is CN(C)C(=O)c1cnc(N(C)C)nc1C1CCN(C(=O)CC2CC2)C1. The minimum absolute atomic E-state index is 0.0868. The van der Waals surface area contributed by atoms with E-state index >= 15 is 0 Å². The number of carbonyl (C=O) groups excluding carboxylic acids is 2. The summed E-state index contributed by atoms with van der Waals surface area (Å²) < 4.78 is 0. The zero-order chi connectivity index (χ0) is 18.1. The maximum Gasteiger partial charge on any atom is 0.256 e. The Kier molecular flexibility index (Phi) is 4.92. The highest BCUT2D eigenvalue weighted by atomic mass is 16.2. The molecule has 1 aliphatic carbocycles. The van der Waals surface area contributed by atoms with Crippen molar-refractivity contribution in [3.63, 3.8) is 0 Å². The van der Waals surface area contributed by atoms with Gasteiger partial charge in [0.05, 0.1) is 11.3 Å². The van der Waals surface area contributed by atoms with E-state index in [4.69, 9.17) is 0 Å². The van der Waals surface area contributed by atoms with E-state index in [-0.39, 0.29) is 17.7 Å². The first kappa shape index (κ1) is 17.6. The highest BCUT2D eigenvalue weighted by Crippen LogP contribution is 2.35. The summed E-state index contributed by atoms with van der Waals surface area (Å²) in [6.07, 6.45) is 5.50. The van der Waals surface area contributed by atoms with Gasteiger partial charge < -0.3 is 14.7 Å². The first-order valence-corrected chi connectivity index (χ1v) is 8.90. The highest BCUT2D eigenvalue weighted by Gasteiger charge is 2.34. The quantitative estimate of drug-likeness (QED) is 0.806. The van der Waals surface area contributed by atoms with Crippen LogP contribution in [0.1, 0.15) is 47.7 Å². The van der Waals surface area contributed by atoms with Crippen LogP contribution in [0.3, 0.4) is 0 Å². The number of hydrogen-bond acceptors (Lipinski definition) is 5. The molecule has 1 aromatic rings. The molecule has 1 saturated heterocycles. The van der Waals surface area contributed by atoms with Crippen LogP contribution >= 0.6 is 0 Å². The van der Waals surface area contributed by atoms with Crippen molar-refractivity contribution in [1.29, 1.82) is 0 Å². The second-order valence-electron chi connectivity index (χ2n) is 7.54. The number of nitrogens with zero attached hydrogens (tertiary/aromatic N) is 5. The maximum atomic E-state index is 12.5. The second kappa shape index (κ2) is 6.98. The third-order valence-electron chi connectivity index (χ3n) is 4.93. The number of rotatable bonds is 5. The fourth-order valence-electron chi connectivity index (χ4n) is 3.23. The summed E-state index contributed by atoms with van der Waals surface area (Å²) in [5.74, 6) is 1.42. The van der Waals surface area contributed by atoms with Gasteiger partial charge in [-0.1, -0.05) is 0 Å². The van der Waals surface area contributed by atoms with Crippen molar-refractivity contribution in [3.05, 3.63) is 17.5 Å². The Morgan fingerprint density at radius 1 is 1.20 bits per heavy atom. The molecule has 0 N–H and O–H groups in total. The van der Waals surface area contributed by atoms with E-state index in [1.165, 1.54) is 12.8 Å². The van der Waals surface area contributed by atoms with Crippen LogP contribution in [-0.4, -0.2) is 72.9 Å². The zero-order valence-electron chi connectivity index (χ0n) is 15.5. The summed E-state index contributed by atoms with van der Waals surface area (Å²) in [7, 11) is 7.22. The molecule has 2 heterocycles. The van der Waals surface area contributed by atoms with Crippen LogP contribution < -0.4 is 4.90 Å². The first-order chi connectivity index (χ1) is 11.9. The zero-order valence-corrected chi connectivity index (χ0v) is 15.5. The van der Waals surface area contributed by atoms with Crippen LogP contribution in [0.25, 0.3) is 0 Å². The predicted molar refractivity (Wildman–Crippen MR) is 95.7 cm³/mol. The van der Waals surface area contributed by atoms with Crippen molar-refractivity contribution in [3.8, 4) is 0 Å². The third kappa shape index (κ3) is 3.91. The van der Waals surface area contributed by atoms with Crippen LogP contribution in [0.15, 0.2) is 6.20 Å². The molecule has 3 rings (SSSR count). The molecule has 1 unspecified atom stereocenters. The molecule has 0 spiro atoms. The van der Waals surface area contributed by atoms with E-state index in [0.717, 1.165) is 18.7 Å². The summed E-state index contributed by atoms with van der Waals surface area (Å²) in [6, 6.07) is 0.